The first-order valence-electron chi connectivity index (χ1n) is 14.2. The Balaban J connectivity index is 1.20. The highest BCUT2D eigenvalue weighted by atomic mass is 16.8. The SMILES string of the molecule is C[C@@H]1C[C@@H](O)[C@]2(O)O[C@@H]3C[C@@]4(C=O)[C@H](CC=C5[C@@H]4CC[C@@H]4[C@@H](C6=CC(=O)OC6)CC[C@]54O)C[C@H]3O[C@]2(C)O1. The largest absolute Gasteiger partial charge is 0.458 e. The molecule has 0 spiro atoms. The summed E-state index contributed by atoms with van der Waals surface area (Å²) in [5.74, 6) is -3.87. The van der Waals surface area contributed by atoms with Crippen molar-refractivity contribution in [1.29, 1.82) is 0 Å². The van der Waals surface area contributed by atoms with Crippen LogP contribution in [0.2, 0.25) is 0 Å². The highest BCUT2D eigenvalue weighted by molar-refractivity contribution is 5.85. The highest BCUT2D eigenvalue weighted by Crippen LogP contribution is 2.65. The molecule has 3 heterocycles. The number of ether oxygens (including phenoxy) is 4. The molecule has 3 N–H and O–H groups in total. The van der Waals surface area contributed by atoms with Gasteiger partial charge in [-0.05, 0) is 93.6 Å². The van der Waals surface area contributed by atoms with E-state index in [-0.39, 0.29) is 48.3 Å². The predicted molar refractivity (Wildman–Crippen MR) is 131 cm³/mol. The van der Waals surface area contributed by atoms with Crippen LogP contribution in [0.5, 0.6) is 0 Å². The van der Waals surface area contributed by atoms with Crippen LogP contribution in [0.3, 0.4) is 0 Å². The quantitative estimate of drug-likeness (QED) is 0.278. The number of aliphatic hydroxyl groups is 3. The van der Waals surface area contributed by atoms with Crippen molar-refractivity contribution in [2.24, 2.45) is 29.1 Å². The number of aliphatic hydroxyl groups excluding tert-OH is 1. The molecule has 0 unspecified atom stereocenters. The fourth-order valence-corrected chi connectivity index (χ4v) is 9.51. The Hall–Kier alpha value is -1.62. The van der Waals surface area contributed by atoms with Gasteiger partial charge in [-0.1, -0.05) is 6.08 Å². The minimum Gasteiger partial charge on any atom is -0.458 e. The minimum atomic E-state index is -2.03. The lowest BCUT2D eigenvalue weighted by Gasteiger charge is -2.62. The van der Waals surface area contributed by atoms with E-state index in [1.54, 1.807) is 13.0 Å². The molecule has 9 nitrogen and oxygen atoms in total. The van der Waals surface area contributed by atoms with E-state index in [2.05, 4.69) is 6.08 Å². The van der Waals surface area contributed by atoms with Crippen LogP contribution in [0.15, 0.2) is 23.3 Å². The summed E-state index contributed by atoms with van der Waals surface area (Å²) in [6.07, 6.45) is 7.07. The molecule has 208 valence electrons. The van der Waals surface area contributed by atoms with Crippen LogP contribution in [-0.4, -0.2) is 75.8 Å². The summed E-state index contributed by atoms with van der Waals surface area (Å²) in [5, 5.41) is 34.4. The summed E-state index contributed by atoms with van der Waals surface area (Å²) in [4.78, 5) is 24.8. The molecule has 0 radical (unpaired) electrons. The van der Waals surface area contributed by atoms with E-state index >= 15 is 0 Å². The lowest BCUT2D eigenvalue weighted by Crippen LogP contribution is -2.75. The second-order valence-corrected chi connectivity index (χ2v) is 13.0. The molecule has 0 bridgehead atoms. The van der Waals surface area contributed by atoms with Gasteiger partial charge in [0.2, 0.25) is 11.6 Å². The van der Waals surface area contributed by atoms with Gasteiger partial charge in [-0.2, -0.15) is 0 Å². The van der Waals surface area contributed by atoms with Crippen molar-refractivity contribution in [2.75, 3.05) is 6.61 Å². The maximum atomic E-state index is 13.1. The van der Waals surface area contributed by atoms with E-state index in [1.165, 1.54) is 0 Å². The lowest BCUT2D eigenvalue weighted by molar-refractivity contribution is -0.499. The average molecular weight is 531 g/mol. The van der Waals surface area contributed by atoms with Crippen LogP contribution < -0.4 is 0 Å². The van der Waals surface area contributed by atoms with Gasteiger partial charge >= 0.3 is 5.97 Å². The third kappa shape index (κ3) is 3.20. The van der Waals surface area contributed by atoms with Gasteiger partial charge in [0.1, 0.15) is 19.0 Å². The molecule has 7 rings (SSSR count). The first-order valence-corrected chi connectivity index (χ1v) is 14.2. The fourth-order valence-electron chi connectivity index (χ4n) is 9.51. The molecule has 38 heavy (non-hydrogen) atoms. The van der Waals surface area contributed by atoms with E-state index in [1.807, 2.05) is 6.92 Å². The van der Waals surface area contributed by atoms with Gasteiger partial charge < -0.3 is 39.1 Å². The third-order valence-electron chi connectivity index (χ3n) is 11.3. The molecule has 9 heteroatoms. The number of fused-ring (bicyclic) bond motifs is 7. The predicted octanol–water partition coefficient (Wildman–Crippen LogP) is 1.92. The molecular formula is C29H38O9. The van der Waals surface area contributed by atoms with Crippen molar-refractivity contribution in [3.05, 3.63) is 23.3 Å². The van der Waals surface area contributed by atoms with Crippen LogP contribution in [0, 0.1) is 29.1 Å². The van der Waals surface area contributed by atoms with Crippen LogP contribution in [0.1, 0.15) is 65.2 Å². The normalized spacial score (nSPS) is 55.3. The number of esters is 1. The standard InChI is InChI=1S/C29H38O9/c1-15-9-24(31)29(34)26(2,36-15)37-22-11-17-3-4-21-20(27(17,14-30)12-23(22)38-29)6-5-19-18(7-8-28(19,21)33)16-10-25(32)35-13-16/h4,10,14-15,17-20,22-24,31,33-34H,3,5-9,11-13H2,1-2H3/t15-,17-,18-,19-,20+,22-,23-,24-,26+,27-,28-,29+/m1/s1. The Morgan fingerprint density at radius 2 is 1.89 bits per heavy atom. The van der Waals surface area contributed by atoms with E-state index in [4.69, 9.17) is 18.9 Å². The van der Waals surface area contributed by atoms with Crippen molar-refractivity contribution in [3.63, 3.8) is 0 Å². The number of aldehydes is 1. The van der Waals surface area contributed by atoms with Gasteiger partial charge in [-0.15, -0.1) is 0 Å². The second-order valence-electron chi connectivity index (χ2n) is 13.0. The van der Waals surface area contributed by atoms with Crippen LogP contribution >= 0.6 is 0 Å². The summed E-state index contributed by atoms with van der Waals surface area (Å²) >= 11 is 0. The summed E-state index contributed by atoms with van der Waals surface area (Å²) < 4.78 is 23.8. The van der Waals surface area contributed by atoms with Gasteiger partial charge in [0, 0.05) is 17.9 Å². The van der Waals surface area contributed by atoms with Crippen molar-refractivity contribution in [2.45, 2.75) is 107 Å². The monoisotopic (exact) mass is 530 g/mol. The van der Waals surface area contributed by atoms with Crippen molar-refractivity contribution in [1.82, 2.24) is 0 Å². The molecule has 12 atom stereocenters. The van der Waals surface area contributed by atoms with Gasteiger partial charge in [0.25, 0.3) is 0 Å². The maximum Gasteiger partial charge on any atom is 0.331 e. The highest BCUT2D eigenvalue weighted by Gasteiger charge is 2.69. The average Bonchev–Trinajstić information content (AvgIpc) is 3.45. The van der Waals surface area contributed by atoms with E-state index in [9.17, 15) is 24.9 Å². The van der Waals surface area contributed by atoms with Crippen LogP contribution in [-0.2, 0) is 28.5 Å². The molecule has 0 amide bonds. The number of cyclic esters (lactones) is 1. The Labute approximate surface area is 222 Å². The van der Waals surface area contributed by atoms with Gasteiger partial charge in [-0.25, -0.2) is 4.79 Å². The lowest BCUT2D eigenvalue weighted by atomic mass is 9.48. The van der Waals surface area contributed by atoms with E-state index in [0.29, 0.717) is 32.3 Å². The number of hydrogen-bond donors (Lipinski definition) is 3. The molecule has 3 saturated carbocycles. The number of rotatable bonds is 2. The molecular weight excluding hydrogens is 492 g/mol. The van der Waals surface area contributed by atoms with E-state index < -0.39 is 34.8 Å². The number of carbonyl (C=O) groups excluding carboxylic acids is 2. The molecule has 5 fully saturated rings. The topological polar surface area (TPSA) is 132 Å². The molecule has 0 aromatic carbocycles. The second kappa shape index (κ2) is 8.21. The van der Waals surface area contributed by atoms with Gasteiger partial charge in [0.05, 0.1) is 23.9 Å². The number of hydrogen-bond acceptors (Lipinski definition) is 9. The zero-order chi connectivity index (χ0) is 26.7. The van der Waals surface area contributed by atoms with Gasteiger partial charge in [-0.3, -0.25) is 0 Å². The van der Waals surface area contributed by atoms with Crippen LogP contribution in [0.25, 0.3) is 0 Å². The Morgan fingerprint density at radius 1 is 1.08 bits per heavy atom. The first kappa shape index (κ1) is 25.4. The number of allylic oxidation sites excluding steroid dienone is 1. The van der Waals surface area contributed by atoms with Crippen molar-refractivity contribution in [3.8, 4) is 0 Å². The molecule has 4 aliphatic carbocycles. The van der Waals surface area contributed by atoms with Crippen molar-refractivity contribution >= 4 is 12.3 Å². The number of carbonyl (C=O) groups is 2. The molecule has 7 aliphatic rings. The summed E-state index contributed by atoms with van der Waals surface area (Å²) in [7, 11) is 0. The first-order chi connectivity index (χ1) is 18.0. The Bertz CT molecular complexity index is 1120. The van der Waals surface area contributed by atoms with E-state index in [0.717, 1.165) is 36.7 Å². The smallest absolute Gasteiger partial charge is 0.331 e. The maximum absolute atomic E-state index is 13.1. The molecule has 3 aliphatic heterocycles. The Kier molecular flexibility index (Phi) is 5.48. The third-order valence-corrected chi connectivity index (χ3v) is 11.3. The zero-order valence-corrected chi connectivity index (χ0v) is 22.0. The summed E-state index contributed by atoms with van der Waals surface area (Å²) in [6.45, 7) is 3.75. The molecule has 0 aromatic rings. The zero-order valence-electron chi connectivity index (χ0n) is 22.0. The van der Waals surface area contributed by atoms with Crippen LogP contribution in [0.4, 0.5) is 0 Å². The summed E-state index contributed by atoms with van der Waals surface area (Å²) in [6, 6.07) is 0. The molecule has 0 aromatic heterocycles. The fraction of sp³-hybridized carbons (Fsp3) is 0.793. The molecule has 2 saturated heterocycles. The van der Waals surface area contributed by atoms with Crippen molar-refractivity contribution < 1.29 is 43.9 Å². The van der Waals surface area contributed by atoms with Gasteiger partial charge in [0.15, 0.2) is 0 Å². The minimum absolute atomic E-state index is 0.00505. The summed E-state index contributed by atoms with van der Waals surface area (Å²) in [5.41, 5.74) is 0.166. The Morgan fingerprint density at radius 3 is 2.63 bits per heavy atom.